The third kappa shape index (κ3) is 7.36. The van der Waals surface area contributed by atoms with Crippen LogP contribution in [-0.4, -0.2) is 102 Å². The van der Waals surface area contributed by atoms with Crippen LogP contribution in [0.5, 0.6) is 0 Å². The fourth-order valence-corrected chi connectivity index (χ4v) is 4.25. The van der Waals surface area contributed by atoms with Crippen molar-refractivity contribution in [2.24, 2.45) is 9.98 Å². The molecule has 0 fully saturated rings. The van der Waals surface area contributed by atoms with E-state index in [-0.39, 0.29) is 12.1 Å². The molecule has 0 radical (unpaired) electrons. The van der Waals surface area contributed by atoms with E-state index in [4.69, 9.17) is 0 Å². The first kappa shape index (κ1) is 54.0. The predicted molar refractivity (Wildman–Crippen MR) is 135 cm³/mol. The second kappa shape index (κ2) is 15.4. The van der Waals surface area contributed by atoms with Crippen LogP contribution in [0.1, 0.15) is 28.4 Å². The zero-order chi connectivity index (χ0) is 49.2. The van der Waals surface area contributed by atoms with Gasteiger partial charge in [0.1, 0.15) is 0 Å². The van der Waals surface area contributed by atoms with Gasteiger partial charge in [-0.15, -0.1) is 0 Å². The molecular weight excluding hydrogens is 947 g/mol. The van der Waals surface area contributed by atoms with Crippen molar-refractivity contribution in [3.63, 3.8) is 0 Å². The summed E-state index contributed by atoms with van der Waals surface area (Å²) < 4.78 is 383. The summed E-state index contributed by atoms with van der Waals surface area (Å²) in [6, 6.07) is -0.324. The molecule has 1 rings (SSSR count). The molecule has 0 aromatic heterocycles. The number of carbonyl (C=O) groups excluding carboxylic acids is 4. The zero-order valence-corrected chi connectivity index (χ0v) is 27.9. The van der Waals surface area contributed by atoms with Gasteiger partial charge in [-0.05, 0) is 18.6 Å². The number of carbonyl (C=O) groups is 2. The van der Waals surface area contributed by atoms with Gasteiger partial charge >= 0.3 is 83.2 Å². The van der Waals surface area contributed by atoms with Crippen LogP contribution in [0.15, 0.2) is 16.1 Å². The highest BCUT2D eigenvalue weighted by Crippen LogP contribution is 2.69. The molecule has 0 saturated heterocycles. The third-order valence-corrected chi connectivity index (χ3v) is 7.54. The average Bonchev–Trinajstić information content (AvgIpc) is 3.07. The number of aryl methyl sites for hydroxylation is 1. The summed E-state index contributed by atoms with van der Waals surface area (Å²) in [4.78, 5) is 50.0. The van der Waals surface area contributed by atoms with Gasteiger partial charge in [0.2, 0.25) is 12.2 Å². The van der Waals surface area contributed by atoms with E-state index in [1.165, 1.54) is 0 Å². The summed E-state index contributed by atoms with van der Waals surface area (Å²) in [5.74, 6) is -117. The smallest absolute Gasteiger partial charge is 0.445 e. The van der Waals surface area contributed by atoms with E-state index in [9.17, 15) is 120 Å². The normalized spacial score (nSPS) is 14.8. The molecule has 0 aliphatic carbocycles. The number of alkyl halides is 27. The van der Waals surface area contributed by atoms with Gasteiger partial charge in [0.15, 0.2) is 6.73 Å². The Kier molecular flexibility index (Phi) is 13.7. The van der Waals surface area contributed by atoms with E-state index in [1.54, 1.807) is 0 Å². The maximum atomic E-state index is 15.6. The molecule has 8 nitrogen and oxygen atoms in total. The van der Waals surface area contributed by atoms with E-state index in [0.29, 0.717) is 19.9 Å². The van der Waals surface area contributed by atoms with Gasteiger partial charge in [0.05, 0.1) is 22.5 Å². The van der Waals surface area contributed by atoms with Gasteiger partial charge in [-0.1, -0.05) is 0 Å². The zero-order valence-electron chi connectivity index (χ0n) is 27.9. The van der Waals surface area contributed by atoms with Crippen molar-refractivity contribution in [2.45, 2.75) is 91.1 Å². The standard InChI is InChI=1S/C26H10F27N3O5/c1-7-3-9(54-4-57)11(10(12(7)55-5-58)13(60)56-6-61-8(2)59)14(27,28)15(29,30)16(31,32)17(33,34)18(35,36)19(37,38)20(39,40)21(41,42)22(43,44)23(45,46)24(47,48)25(49,50)26(51,52)53/h3H,6H2,1-2H3,(H,56,60). The van der Waals surface area contributed by atoms with E-state index < -0.39 is 124 Å². The molecule has 1 aromatic carbocycles. The Hall–Kier alpha value is -4.97. The largest absolute Gasteiger partial charge is 0.460 e. The van der Waals surface area contributed by atoms with Gasteiger partial charge in [-0.2, -0.15) is 129 Å². The van der Waals surface area contributed by atoms with Crippen molar-refractivity contribution in [1.29, 1.82) is 0 Å². The maximum Gasteiger partial charge on any atom is 0.460 e. The van der Waals surface area contributed by atoms with Crippen LogP contribution in [-0.2, 0) is 25.0 Å². The Morgan fingerprint density at radius 2 is 0.852 bits per heavy atom. The number of nitrogens with one attached hydrogen (secondary N) is 1. The molecule has 61 heavy (non-hydrogen) atoms. The Bertz CT molecular complexity index is 1980. The molecule has 1 N–H and O–H groups in total. The first-order valence-corrected chi connectivity index (χ1v) is 14.0. The van der Waals surface area contributed by atoms with Gasteiger partial charge in [0.25, 0.3) is 5.91 Å². The lowest BCUT2D eigenvalue weighted by Crippen LogP contribution is -2.78. The van der Waals surface area contributed by atoms with Gasteiger partial charge in [-0.25, -0.2) is 9.59 Å². The highest BCUT2D eigenvalue weighted by Gasteiger charge is 3.00. The number of isocyanates is 2. The number of aliphatic imine (C=N–C) groups is 2. The molecule has 0 aliphatic heterocycles. The van der Waals surface area contributed by atoms with E-state index in [2.05, 4.69) is 14.7 Å². The number of benzene rings is 1. The molecule has 0 heterocycles. The topological polar surface area (TPSA) is 114 Å². The molecule has 0 bridgehead atoms. The van der Waals surface area contributed by atoms with Crippen LogP contribution in [0, 0.1) is 6.92 Å². The Balaban J connectivity index is 4.33. The lowest BCUT2D eigenvalue weighted by Gasteiger charge is -2.46. The van der Waals surface area contributed by atoms with Crippen molar-refractivity contribution in [1.82, 2.24) is 5.32 Å². The molecule has 1 aromatic rings. The number of amides is 1. The Morgan fingerprint density at radius 3 is 1.15 bits per heavy atom. The SMILES string of the molecule is CC(=O)OCNC(=O)c1c(N=C=O)c(C)cc(N=C=O)c1C(F)(F)C(F)(F)C(F)(F)C(F)(F)C(F)(F)C(F)(F)C(F)(F)C(F)(F)C(F)(F)C(F)(F)C(F)(F)C(F)(F)C(F)(F)F. The number of hydrogen-bond acceptors (Lipinski definition) is 7. The number of hydrogen-bond donors (Lipinski definition) is 1. The first-order valence-electron chi connectivity index (χ1n) is 14.0. The van der Waals surface area contributed by atoms with Gasteiger partial charge < -0.3 is 10.1 Å². The third-order valence-electron chi connectivity index (χ3n) is 7.54. The fraction of sp³-hybridized carbons (Fsp3) is 0.615. The number of ether oxygens (including phenoxy) is 1. The highest BCUT2D eigenvalue weighted by atomic mass is 19.4. The van der Waals surface area contributed by atoms with Crippen molar-refractivity contribution >= 4 is 35.4 Å². The summed E-state index contributed by atoms with van der Waals surface area (Å²) in [6.45, 7) is -0.676. The summed E-state index contributed by atoms with van der Waals surface area (Å²) in [7, 11) is 0. The maximum absolute atomic E-state index is 15.6. The van der Waals surface area contributed by atoms with Crippen molar-refractivity contribution in [3.8, 4) is 0 Å². The van der Waals surface area contributed by atoms with Gasteiger partial charge in [-0.3, -0.25) is 9.59 Å². The summed E-state index contributed by atoms with van der Waals surface area (Å²) in [5.41, 5.74) is -11.6. The van der Waals surface area contributed by atoms with Crippen molar-refractivity contribution in [2.75, 3.05) is 6.73 Å². The summed E-state index contributed by atoms with van der Waals surface area (Å²) in [5, 5.41) is 1.12. The van der Waals surface area contributed by atoms with E-state index in [1.807, 2.05) is 0 Å². The summed E-state index contributed by atoms with van der Waals surface area (Å²) in [6.07, 6.45) is -7.79. The van der Waals surface area contributed by atoms with Crippen molar-refractivity contribution in [3.05, 3.63) is 22.8 Å². The minimum absolute atomic E-state index is 0.162. The molecule has 0 spiro atoms. The summed E-state index contributed by atoms with van der Waals surface area (Å²) >= 11 is 0. The van der Waals surface area contributed by atoms with Crippen LogP contribution in [0.3, 0.4) is 0 Å². The minimum atomic E-state index is -9.99. The van der Waals surface area contributed by atoms with Gasteiger partial charge in [0, 0.05) is 6.92 Å². The fourth-order valence-electron chi connectivity index (χ4n) is 4.25. The molecule has 348 valence electrons. The Labute approximate surface area is 314 Å². The van der Waals surface area contributed by atoms with Crippen LogP contribution in [0.4, 0.5) is 130 Å². The van der Waals surface area contributed by atoms with Crippen LogP contribution in [0.25, 0.3) is 0 Å². The number of halogens is 27. The molecule has 1 amide bonds. The highest BCUT2D eigenvalue weighted by molar-refractivity contribution is 6.03. The number of nitrogens with zero attached hydrogens (tertiary/aromatic N) is 2. The molecule has 0 aliphatic rings. The minimum Gasteiger partial charge on any atom is -0.445 e. The second-order valence-corrected chi connectivity index (χ2v) is 11.4. The number of esters is 1. The molecule has 0 saturated carbocycles. The average molecular weight is 957 g/mol. The van der Waals surface area contributed by atoms with Crippen molar-refractivity contribution < 1.29 is 142 Å². The first-order chi connectivity index (χ1) is 26.6. The van der Waals surface area contributed by atoms with Crippen LogP contribution < -0.4 is 5.32 Å². The predicted octanol–water partition coefficient (Wildman–Crippen LogP) is 9.82. The molecule has 0 atom stereocenters. The molecular formula is C26H10F27N3O5. The lowest BCUT2D eigenvalue weighted by molar-refractivity contribution is -0.485. The van der Waals surface area contributed by atoms with Crippen LogP contribution in [0.2, 0.25) is 0 Å². The second-order valence-electron chi connectivity index (χ2n) is 11.4. The quantitative estimate of drug-likeness (QED) is 0.0550. The molecule has 0 unspecified atom stereocenters. The number of rotatable bonds is 17. The van der Waals surface area contributed by atoms with E-state index >= 15 is 17.6 Å². The lowest BCUT2D eigenvalue weighted by atomic mass is 9.82. The molecule has 35 heteroatoms. The Morgan fingerprint density at radius 1 is 0.541 bits per heavy atom. The van der Waals surface area contributed by atoms with E-state index in [0.717, 1.165) is 5.32 Å². The monoisotopic (exact) mass is 957 g/mol. The van der Waals surface area contributed by atoms with Crippen LogP contribution >= 0.6 is 0 Å².